The molecule has 1 aromatic rings. The summed E-state index contributed by atoms with van der Waals surface area (Å²) < 4.78 is 2.03. The van der Waals surface area contributed by atoms with Crippen LogP contribution >= 0.6 is 0 Å². The first-order valence-corrected chi connectivity index (χ1v) is 8.04. The summed E-state index contributed by atoms with van der Waals surface area (Å²) in [5.41, 5.74) is 0. The second kappa shape index (κ2) is 6.22. The lowest BCUT2D eigenvalue weighted by atomic mass is 9.94. The highest BCUT2D eigenvalue weighted by Gasteiger charge is 2.24. The van der Waals surface area contributed by atoms with E-state index < -0.39 is 0 Å². The van der Waals surface area contributed by atoms with E-state index in [1.807, 2.05) is 4.68 Å². The fourth-order valence-electron chi connectivity index (χ4n) is 3.53. The Morgan fingerprint density at radius 2 is 2.15 bits per heavy atom. The molecule has 5 heteroatoms. The minimum Gasteiger partial charge on any atom is -0.396 e. The van der Waals surface area contributed by atoms with Gasteiger partial charge in [-0.2, -0.15) is 5.10 Å². The Labute approximate surface area is 121 Å². The average molecular weight is 278 g/mol. The smallest absolute Gasteiger partial charge is 0.151 e. The van der Waals surface area contributed by atoms with Gasteiger partial charge in [-0.15, -0.1) is 0 Å². The molecule has 0 bridgehead atoms. The number of hydrogen-bond donors (Lipinski definition) is 1. The molecule has 0 radical (unpaired) electrons. The van der Waals surface area contributed by atoms with Crippen molar-refractivity contribution in [1.82, 2.24) is 19.7 Å². The van der Waals surface area contributed by atoms with Crippen LogP contribution in [-0.2, 0) is 19.4 Å². The number of nitrogens with zero attached hydrogens (tertiary/aromatic N) is 4. The molecule has 2 aliphatic heterocycles. The highest BCUT2D eigenvalue weighted by Crippen LogP contribution is 2.22. The van der Waals surface area contributed by atoms with E-state index in [9.17, 15) is 5.11 Å². The number of aliphatic hydroxyl groups excluding tert-OH is 1. The summed E-state index contributed by atoms with van der Waals surface area (Å²) in [5.74, 6) is 3.21. The van der Waals surface area contributed by atoms with Crippen LogP contribution in [-0.4, -0.2) is 51.0 Å². The van der Waals surface area contributed by atoms with Gasteiger partial charge in [0, 0.05) is 38.5 Å². The van der Waals surface area contributed by atoms with Crippen LogP contribution in [0.25, 0.3) is 0 Å². The third kappa shape index (κ3) is 3.04. The van der Waals surface area contributed by atoms with Crippen molar-refractivity contribution in [2.75, 3.05) is 26.2 Å². The van der Waals surface area contributed by atoms with Gasteiger partial charge in [0.25, 0.3) is 0 Å². The third-order valence-electron chi connectivity index (χ3n) is 4.78. The van der Waals surface area contributed by atoms with Crippen LogP contribution in [0.3, 0.4) is 0 Å². The van der Waals surface area contributed by atoms with Crippen LogP contribution in [0.2, 0.25) is 0 Å². The Bertz CT molecular complexity index is 445. The lowest BCUT2D eigenvalue weighted by Gasteiger charge is -2.31. The van der Waals surface area contributed by atoms with E-state index in [4.69, 9.17) is 4.98 Å². The molecule has 5 nitrogen and oxygen atoms in total. The Morgan fingerprint density at radius 3 is 2.95 bits per heavy atom. The lowest BCUT2D eigenvalue weighted by molar-refractivity contribution is 0.179. The fourth-order valence-corrected chi connectivity index (χ4v) is 3.53. The van der Waals surface area contributed by atoms with Crippen molar-refractivity contribution in [3.05, 3.63) is 11.6 Å². The normalized spacial score (nSPS) is 27.5. The molecular formula is C15H26N4O. The zero-order valence-corrected chi connectivity index (χ0v) is 12.5. The highest BCUT2D eigenvalue weighted by atomic mass is 16.3. The molecule has 0 spiro atoms. The van der Waals surface area contributed by atoms with E-state index in [2.05, 4.69) is 16.9 Å². The van der Waals surface area contributed by atoms with E-state index in [1.54, 1.807) is 0 Å². The standard InChI is InChI=1S/C15H26N4O/c1-2-18-7-3-4-12(9-18)8-14-16-15-6-5-13(11-20)10-19(15)17-14/h12-13,20H,2-11H2,1H3. The van der Waals surface area contributed by atoms with E-state index in [1.165, 1.54) is 25.9 Å². The summed E-state index contributed by atoms with van der Waals surface area (Å²) in [7, 11) is 0. The first-order valence-electron chi connectivity index (χ1n) is 8.04. The molecular weight excluding hydrogens is 252 g/mol. The van der Waals surface area contributed by atoms with Crippen LogP contribution in [0.4, 0.5) is 0 Å². The molecule has 0 amide bonds. The van der Waals surface area contributed by atoms with Crippen molar-refractivity contribution < 1.29 is 5.11 Å². The summed E-state index contributed by atoms with van der Waals surface area (Å²) >= 11 is 0. The predicted octanol–water partition coefficient (Wildman–Crippen LogP) is 1.11. The number of fused-ring (bicyclic) bond motifs is 1. The van der Waals surface area contributed by atoms with Crippen molar-refractivity contribution in [2.24, 2.45) is 11.8 Å². The number of rotatable bonds is 4. The zero-order valence-electron chi connectivity index (χ0n) is 12.5. The van der Waals surface area contributed by atoms with Gasteiger partial charge in [-0.05, 0) is 38.3 Å². The summed E-state index contributed by atoms with van der Waals surface area (Å²) in [6, 6.07) is 0. The molecule has 1 fully saturated rings. The lowest BCUT2D eigenvalue weighted by Crippen LogP contribution is -2.36. The van der Waals surface area contributed by atoms with Crippen LogP contribution in [0.5, 0.6) is 0 Å². The molecule has 2 aliphatic rings. The monoisotopic (exact) mass is 278 g/mol. The number of aryl methyl sites for hydroxylation is 1. The molecule has 3 heterocycles. The van der Waals surface area contributed by atoms with E-state index >= 15 is 0 Å². The van der Waals surface area contributed by atoms with Crippen LogP contribution in [0.15, 0.2) is 0 Å². The first-order chi connectivity index (χ1) is 9.78. The van der Waals surface area contributed by atoms with Crippen molar-refractivity contribution >= 4 is 0 Å². The molecule has 1 saturated heterocycles. The minimum absolute atomic E-state index is 0.267. The molecule has 2 atom stereocenters. The molecule has 112 valence electrons. The number of hydrogen-bond acceptors (Lipinski definition) is 4. The first kappa shape index (κ1) is 14.0. The van der Waals surface area contributed by atoms with Crippen molar-refractivity contribution in [3.63, 3.8) is 0 Å². The number of piperidine rings is 1. The minimum atomic E-state index is 0.267. The largest absolute Gasteiger partial charge is 0.396 e. The Hall–Kier alpha value is -0.940. The SMILES string of the molecule is CCN1CCCC(Cc2nc3n(n2)CC(CO)CC3)C1. The van der Waals surface area contributed by atoms with Crippen LogP contribution in [0.1, 0.15) is 37.8 Å². The maximum Gasteiger partial charge on any atom is 0.151 e. The summed E-state index contributed by atoms with van der Waals surface area (Å²) in [6.45, 7) is 6.94. The van der Waals surface area contributed by atoms with Gasteiger partial charge in [0.15, 0.2) is 5.82 Å². The van der Waals surface area contributed by atoms with Gasteiger partial charge in [0.1, 0.15) is 5.82 Å². The summed E-state index contributed by atoms with van der Waals surface area (Å²) in [5, 5.41) is 13.9. The zero-order chi connectivity index (χ0) is 13.9. The molecule has 0 aliphatic carbocycles. The molecule has 1 aromatic heterocycles. The molecule has 20 heavy (non-hydrogen) atoms. The average Bonchev–Trinajstić information content (AvgIpc) is 2.88. The van der Waals surface area contributed by atoms with Crippen LogP contribution < -0.4 is 0 Å². The van der Waals surface area contributed by atoms with E-state index in [0.29, 0.717) is 11.8 Å². The number of aromatic nitrogens is 3. The molecule has 0 saturated carbocycles. The van der Waals surface area contributed by atoms with Gasteiger partial charge in [-0.1, -0.05) is 6.92 Å². The third-order valence-corrected chi connectivity index (χ3v) is 4.78. The van der Waals surface area contributed by atoms with Gasteiger partial charge in [-0.25, -0.2) is 9.67 Å². The van der Waals surface area contributed by atoms with Gasteiger partial charge in [0.05, 0.1) is 0 Å². The Kier molecular flexibility index (Phi) is 4.36. The molecule has 3 rings (SSSR count). The van der Waals surface area contributed by atoms with Crippen molar-refractivity contribution in [3.8, 4) is 0 Å². The topological polar surface area (TPSA) is 54.2 Å². The predicted molar refractivity (Wildman–Crippen MR) is 77.5 cm³/mol. The second-order valence-electron chi connectivity index (χ2n) is 6.32. The summed E-state index contributed by atoms with van der Waals surface area (Å²) in [6.07, 6.45) is 5.63. The van der Waals surface area contributed by atoms with Crippen molar-refractivity contribution in [2.45, 2.75) is 45.6 Å². The maximum atomic E-state index is 9.27. The molecule has 2 unspecified atom stereocenters. The maximum absolute atomic E-state index is 9.27. The number of likely N-dealkylation sites (tertiary alicyclic amines) is 1. The number of aliphatic hydroxyl groups is 1. The Morgan fingerprint density at radius 1 is 1.25 bits per heavy atom. The van der Waals surface area contributed by atoms with Crippen molar-refractivity contribution in [1.29, 1.82) is 0 Å². The highest BCUT2D eigenvalue weighted by molar-refractivity contribution is 4.98. The van der Waals surface area contributed by atoms with E-state index in [0.717, 1.165) is 44.0 Å². The van der Waals surface area contributed by atoms with Gasteiger partial charge >= 0.3 is 0 Å². The van der Waals surface area contributed by atoms with E-state index in [-0.39, 0.29) is 6.61 Å². The van der Waals surface area contributed by atoms with Gasteiger partial charge < -0.3 is 10.0 Å². The van der Waals surface area contributed by atoms with Gasteiger partial charge in [-0.3, -0.25) is 0 Å². The summed E-state index contributed by atoms with van der Waals surface area (Å²) in [4.78, 5) is 7.25. The molecule has 1 N–H and O–H groups in total. The second-order valence-corrected chi connectivity index (χ2v) is 6.32. The Balaban J connectivity index is 1.62. The quantitative estimate of drug-likeness (QED) is 0.896. The van der Waals surface area contributed by atoms with Gasteiger partial charge in [0.2, 0.25) is 0 Å². The molecule has 0 aromatic carbocycles. The van der Waals surface area contributed by atoms with Crippen LogP contribution in [0, 0.1) is 11.8 Å². The fraction of sp³-hybridized carbons (Fsp3) is 0.867.